The molecular weight excluding hydrogens is 355 g/mol. The van der Waals surface area contributed by atoms with E-state index in [1.54, 1.807) is 18.2 Å². The first-order valence-electron chi connectivity index (χ1n) is 9.65. The van der Waals surface area contributed by atoms with Crippen molar-refractivity contribution in [3.05, 3.63) is 71.6 Å². The molecule has 1 fully saturated rings. The predicted molar refractivity (Wildman–Crippen MR) is 111 cm³/mol. The lowest BCUT2D eigenvalue weighted by Crippen LogP contribution is -2.45. The third-order valence-electron chi connectivity index (χ3n) is 4.81. The zero-order chi connectivity index (χ0) is 20.1. The van der Waals surface area contributed by atoms with Crippen LogP contribution in [0.3, 0.4) is 0 Å². The molecule has 5 heteroatoms. The maximum Gasteiger partial charge on any atom is 0.244 e. The number of carbonyl (C=O) groups excluding carboxylic acids is 1. The van der Waals surface area contributed by atoms with Crippen molar-refractivity contribution in [1.29, 1.82) is 0 Å². The van der Waals surface area contributed by atoms with E-state index in [4.69, 9.17) is 4.74 Å². The Morgan fingerprint density at radius 1 is 1.18 bits per heavy atom. The minimum Gasteiger partial charge on any atom is -0.372 e. The second-order valence-electron chi connectivity index (χ2n) is 7.37. The Morgan fingerprint density at radius 3 is 2.54 bits per heavy atom. The number of benzene rings is 2. The van der Waals surface area contributed by atoms with Crippen molar-refractivity contribution in [2.24, 2.45) is 0 Å². The molecule has 2 aromatic carbocycles. The number of nitrogens with one attached hydrogen (secondary N) is 1. The van der Waals surface area contributed by atoms with Crippen LogP contribution in [0.15, 0.2) is 54.6 Å². The Hall–Kier alpha value is -2.66. The molecule has 1 amide bonds. The van der Waals surface area contributed by atoms with Gasteiger partial charge in [0, 0.05) is 24.9 Å². The molecule has 3 rings (SSSR count). The second-order valence-corrected chi connectivity index (χ2v) is 7.37. The number of rotatable bonds is 5. The number of anilines is 1. The Balaban J connectivity index is 1.63. The van der Waals surface area contributed by atoms with E-state index in [0.717, 1.165) is 29.9 Å². The van der Waals surface area contributed by atoms with E-state index in [2.05, 4.69) is 36.2 Å². The SMILES string of the molecule is C[C@@H]1CN(c2cccc([C@@H](C)NC(=O)C=Cc3ccc(F)cc3)c2)C[C@H](C)O1. The van der Waals surface area contributed by atoms with Crippen LogP contribution >= 0.6 is 0 Å². The molecule has 28 heavy (non-hydrogen) atoms. The summed E-state index contributed by atoms with van der Waals surface area (Å²) in [6.45, 7) is 7.85. The van der Waals surface area contributed by atoms with E-state index in [0.29, 0.717) is 0 Å². The van der Waals surface area contributed by atoms with E-state index in [1.165, 1.54) is 18.2 Å². The van der Waals surface area contributed by atoms with Gasteiger partial charge in [-0.3, -0.25) is 4.79 Å². The van der Waals surface area contributed by atoms with Crippen LogP contribution in [0.1, 0.15) is 37.9 Å². The largest absolute Gasteiger partial charge is 0.372 e. The molecule has 3 atom stereocenters. The first kappa shape index (κ1) is 20.1. The lowest BCUT2D eigenvalue weighted by molar-refractivity contribution is -0.117. The quantitative estimate of drug-likeness (QED) is 0.783. The van der Waals surface area contributed by atoms with Crippen molar-refractivity contribution < 1.29 is 13.9 Å². The second kappa shape index (κ2) is 9.02. The summed E-state index contributed by atoms with van der Waals surface area (Å²) in [6, 6.07) is 14.2. The van der Waals surface area contributed by atoms with E-state index in [-0.39, 0.29) is 30.0 Å². The fourth-order valence-electron chi connectivity index (χ4n) is 3.47. The molecule has 1 aliphatic rings. The van der Waals surface area contributed by atoms with Gasteiger partial charge < -0.3 is 15.0 Å². The molecule has 0 spiro atoms. The van der Waals surface area contributed by atoms with Crippen LogP contribution < -0.4 is 10.2 Å². The van der Waals surface area contributed by atoms with Gasteiger partial charge in [-0.1, -0.05) is 24.3 Å². The van der Waals surface area contributed by atoms with Gasteiger partial charge in [-0.25, -0.2) is 4.39 Å². The number of hydrogen-bond donors (Lipinski definition) is 1. The highest BCUT2D eigenvalue weighted by atomic mass is 19.1. The van der Waals surface area contributed by atoms with E-state index >= 15 is 0 Å². The number of carbonyl (C=O) groups is 1. The molecule has 2 aromatic rings. The van der Waals surface area contributed by atoms with E-state index < -0.39 is 0 Å². The molecule has 1 aliphatic heterocycles. The summed E-state index contributed by atoms with van der Waals surface area (Å²) < 4.78 is 18.8. The lowest BCUT2D eigenvalue weighted by atomic mass is 10.1. The van der Waals surface area contributed by atoms with Crippen molar-refractivity contribution in [2.45, 2.75) is 39.0 Å². The zero-order valence-corrected chi connectivity index (χ0v) is 16.6. The molecule has 0 unspecified atom stereocenters. The van der Waals surface area contributed by atoms with Gasteiger partial charge in [0.2, 0.25) is 5.91 Å². The molecule has 1 saturated heterocycles. The minimum absolute atomic E-state index is 0.124. The molecule has 1 N–H and O–H groups in total. The van der Waals surface area contributed by atoms with Crippen molar-refractivity contribution >= 4 is 17.7 Å². The Labute approximate surface area is 166 Å². The number of morpholine rings is 1. The summed E-state index contributed by atoms with van der Waals surface area (Å²) in [5.74, 6) is -0.477. The molecule has 4 nitrogen and oxygen atoms in total. The van der Waals surface area contributed by atoms with Gasteiger partial charge in [0.05, 0.1) is 18.2 Å². The number of nitrogens with zero attached hydrogens (tertiary/aromatic N) is 1. The average Bonchev–Trinajstić information content (AvgIpc) is 2.67. The van der Waals surface area contributed by atoms with Crippen molar-refractivity contribution in [3.63, 3.8) is 0 Å². The Bertz CT molecular complexity index is 825. The standard InChI is InChI=1S/C23H27FN2O2/c1-16-14-26(15-17(2)28-16)22-6-4-5-20(13-22)18(3)25-23(27)12-9-19-7-10-21(24)11-8-19/h4-13,16-18H,14-15H2,1-3H3,(H,25,27)/t16-,17+,18-/m1/s1. The average molecular weight is 382 g/mol. The van der Waals surface area contributed by atoms with Gasteiger partial charge in [-0.05, 0) is 62.2 Å². The summed E-state index contributed by atoms with van der Waals surface area (Å²) in [5.41, 5.74) is 2.97. The van der Waals surface area contributed by atoms with E-state index in [1.807, 2.05) is 19.1 Å². The predicted octanol–water partition coefficient (Wildman–Crippen LogP) is 4.33. The third-order valence-corrected chi connectivity index (χ3v) is 4.81. The van der Waals surface area contributed by atoms with Gasteiger partial charge in [0.25, 0.3) is 0 Å². The van der Waals surface area contributed by atoms with Crippen LogP contribution in [-0.2, 0) is 9.53 Å². The molecule has 0 radical (unpaired) electrons. The van der Waals surface area contributed by atoms with Crippen molar-refractivity contribution in [1.82, 2.24) is 5.32 Å². The highest BCUT2D eigenvalue weighted by Crippen LogP contribution is 2.24. The third kappa shape index (κ3) is 5.42. The Kier molecular flexibility index (Phi) is 6.47. The van der Waals surface area contributed by atoms with Crippen LogP contribution in [0.25, 0.3) is 6.08 Å². The number of amides is 1. The molecule has 0 aliphatic carbocycles. The smallest absolute Gasteiger partial charge is 0.244 e. The summed E-state index contributed by atoms with van der Waals surface area (Å²) in [6.07, 6.45) is 3.54. The maximum absolute atomic E-state index is 12.9. The fraction of sp³-hybridized carbons (Fsp3) is 0.348. The van der Waals surface area contributed by atoms with Crippen molar-refractivity contribution in [2.75, 3.05) is 18.0 Å². The molecule has 0 aromatic heterocycles. The Morgan fingerprint density at radius 2 is 1.86 bits per heavy atom. The van der Waals surface area contributed by atoms with E-state index in [9.17, 15) is 9.18 Å². The first-order chi connectivity index (χ1) is 13.4. The summed E-state index contributed by atoms with van der Waals surface area (Å²) in [5, 5.41) is 2.98. The van der Waals surface area contributed by atoms with Crippen LogP contribution in [0.4, 0.5) is 10.1 Å². The number of halogens is 1. The van der Waals surface area contributed by atoms with Gasteiger partial charge >= 0.3 is 0 Å². The maximum atomic E-state index is 12.9. The zero-order valence-electron chi connectivity index (χ0n) is 16.6. The highest BCUT2D eigenvalue weighted by Gasteiger charge is 2.22. The van der Waals surface area contributed by atoms with Gasteiger partial charge in [0.15, 0.2) is 0 Å². The number of hydrogen-bond acceptors (Lipinski definition) is 3. The first-order valence-corrected chi connectivity index (χ1v) is 9.65. The monoisotopic (exact) mass is 382 g/mol. The van der Waals surface area contributed by atoms with Gasteiger partial charge in [-0.2, -0.15) is 0 Å². The van der Waals surface area contributed by atoms with Gasteiger partial charge in [-0.15, -0.1) is 0 Å². The van der Waals surface area contributed by atoms with Crippen LogP contribution in [0.2, 0.25) is 0 Å². The van der Waals surface area contributed by atoms with Crippen LogP contribution in [0, 0.1) is 5.82 Å². The van der Waals surface area contributed by atoms with Gasteiger partial charge in [0.1, 0.15) is 5.82 Å². The topological polar surface area (TPSA) is 41.6 Å². The minimum atomic E-state index is -0.292. The summed E-state index contributed by atoms with van der Waals surface area (Å²) in [7, 11) is 0. The number of ether oxygens (including phenoxy) is 1. The van der Waals surface area contributed by atoms with Crippen molar-refractivity contribution in [3.8, 4) is 0 Å². The van der Waals surface area contributed by atoms with Crippen LogP contribution in [0.5, 0.6) is 0 Å². The fourth-order valence-corrected chi connectivity index (χ4v) is 3.47. The molecular formula is C23H27FN2O2. The van der Waals surface area contributed by atoms with Crippen LogP contribution in [-0.4, -0.2) is 31.2 Å². The molecule has 0 saturated carbocycles. The summed E-state index contributed by atoms with van der Waals surface area (Å²) >= 11 is 0. The lowest BCUT2D eigenvalue weighted by Gasteiger charge is -2.37. The summed E-state index contributed by atoms with van der Waals surface area (Å²) in [4.78, 5) is 14.6. The molecule has 0 bridgehead atoms. The highest BCUT2D eigenvalue weighted by molar-refractivity contribution is 5.92. The molecule has 1 heterocycles. The molecule has 148 valence electrons. The normalized spacial score (nSPS) is 20.9.